The van der Waals surface area contributed by atoms with Gasteiger partial charge in [0, 0.05) is 39.3 Å². The second-order valence-corrected chi connectivity index (χ2v) is 7.50. The zero-order valence-corrected chi connectivity index (χ0v) is 13.9. The molecule has 3 aliphatic rings. The summed E-state index contributed by atoms with van der Waals surface area (Å²) in [5.41, 5.74) is 2.71. The minimum atomic E-state index is 0.123. The maximum absolute atomic E-state index is 12.5. The average molecular weight is 314 g/mol. The number of hydrogen-bond donors (Lipinski definition) is 0. The topological polar surface area (TPSA) is 32.8 Å². The van der Waals surface area contributed by atoms with E-state index in [0.717, 1.165) is 45.8 Å². The molecule has 0 aromatic heterocycles. The van der Waals surface area contributed by atoms with Crippen molar-refractivity contribution in [2.75, 3.05) is 39.4 Å². The molecule has 1 amide bonds. The first-order chi connectivity index (χ1) is 11.2. The van der Waals surface area contributed by atoms with Gasteiger partial charge in [0.05, 0.1) is 12.5 Å². The minimum absolute atomic E-state index is 0.123. The molecule has 124 valence electrons. The number of amides is 1. The molecule has 4 heteroatoms. The van der Waals surface area contributed by atoms with Crippen LogP contribution in [-0.2, 0) is 16.1 Å². The van der Waals surface area contributed by atoms with E-state index in [2.05, 4.69) is 41.0 Å². The molecule has 0 saturated carbocycles. The predicted molar refractivity (Wildman–Crippen MR) is 88.9 cm³/mol. The lowest BCUT2D eigenvalue weighted by Crippen LogP contribution is -2.37. The molecule has 23 heavy (non-hydrogen) atoms. The van der Waals surface area contributed by atoms with Gasteiger partial charge in [0.15, 0.2) is 0 Å². The van der Waals surface area contributed by atoms with Crippen LogP contribution in [0.1, 0.15) is 17.5 Å². The molecule has 4 nitrogen and oxygen atoms in total. The Morgan fingerprint density at radius 2 is 1.83 bits per heavy atom. The van der Waals surface area contributed by atoms with Gasteiger partial charge in [-0.1, -0.05) is 29.8 Å². The van der Waals surface area contributed by atoms with Crippen molar-refractivity contribution in [3.05, 3.63) is 35.4 Å². The van der Waals surface area contributed by atoms with E-state index >= 15 is 0 Å². The maximum Gasteiger partial charge on any atom is 0.228 e. The van der Waals surface area contributed by atoms with Gasteiger partial charge in [-0.2, -0.15) is 0 Å². The summed E-state index contributed by atoms with van der Waals surface area (Å²) in [6.07, 6.45) is 0.907. The van der Waals surface area contributed by atoms with Crippen molar-refractivity contribution in [1.29, 1.82) is 0 Å². The van der Waals surface area contributed by atoms with E-state index < -0.39 is 0 Å². The summed E-state index contributed by atoms with van der Waals surface area (Å²) in [7, 11) is 0. The van der Waals surface area contributed by atoms with Gasteiger partial charge >= 0.3 is 0 Å². The molecule has 0 N–H and O–H groups in total. The number of fused-ring (bicyclic) bond motifs is 1. The van der Waals surface area contributed by atoms with Gasteiger partial charge in [0.25, 0.3) is 0 Å². The van der Waals surface area contributed by atoms with Crippen molar-refractivity contribution in [3.8, 4) is 0 Å². The SMILES string of the molecule is Cc1ccc(CN2C[C@@H]3CN(C(=O)[C@@H]4CCOC4)C[C@@H]3C2)cc1. The van der Waals surface area contributed by atoms with Crippen molar-refractivity contribution >= 4 is 5.91 Å². The molecule has 0 spiro atoms. The second kappa shape index (κ2) is 6.25. The number of carbonyl (C=O) groups is 1. The van der Waals surface area contributed by atoms with Crippen LogP contribution in [0.3, 0.4) is 0 Å². The number of carbonyl (C=O) groups excluding carboxylic acids is 1. The summed E-state index contributed by atoms with van der Waals surface area (Å²) in [5.74, 6) is 1.78. The number of ether oxygens (including phenoxy) is 1. The smallest absolute Gasteiger partial charge is 0.228 e. The Kier molecular flexibility index (Phi) is 4.12. The van der Waals surface area contributed by atoms with Gasteiger partial charge in [-0.05, 0) is 30.7 Å². The van der Waals surface area contributed by atoms with Gasteiger partial charge < -0.3 is 9.64 Å². The first kappa shape index (κ1) is 15.2. The molecule has 3 saturated heterocycles. The summed E-state index contributed by atoms with van der Waals surface area (Å²) >= 11 is 0. The minimum Gasteiger partial charge on any atom is -0.381 e. The van der Waals surface area contributed by atoms with E-state index in [4.69, 9.17) is 4.74 Å². The number of rotatable bonds is 3. The standard InChI is InChI=1S/C19H26N2O2/c1-14-2-4-15(5-3-14)8-20-9-17-11-21(12-18(17)10-20)19(22)16-6-7-23-13-16/h2-5,16-18H,6-13H2,1H3/t16-,17-,18+/m1/s1. The molecule has 3 aliphatic heterocycles. The molecule has 0 unspecified atom stereocenters. The number of hydrogen-bond acceptors (Lipinski definition) is 3. The Labute approximate surface area is 138 Å². The fourth-order valence-corrected chi connectivity index (χ4v) is 4.34. The van der Waals surface area contributed by atoms with Crippen molar-refractivity contribution in [3.63, 3.8) is 0 Å². The van der Waals surface area contributed by atoms with Gasteiger partial charge in [-0.25, -0.2) is 0 Å². The van der Waals surface area contributed by atoms with Crippen molar-refractivity contribution in [2.24, 2.45) is 17.8 Å². The lowest BCUT2D eigenvalue weighted by Gasteiger charge is -2.23. The van der Waals surface area contributed by atoms with Crippen molar-refractivity contribution in [1.82, 2.24) is 9.80 Å². The van der Waals surface area contributed by atoms with Crippen molar-refractivity contribution in [2.45, 2.75) is 19.9 Å². The molecule has 4 rings (SSSR count). The van der Waals surface area contributed by atoms with Crippen molar-refractivity contribution < 1.29 is 9.53 Å². The number of likely N-dealkylation sites (tertiary alicyclic amines) is 2. The fourth-order valence-electron chi connectivity index (χ4n) is 4.34. The Balaban J connectivity index is 1.31. The largest absolute Gasteiger partial charge is 0.381 e. The van der Waals surface area contributed by atoms with E-state index in [-0.39, 0.29) is 5.92 Å². The van der Waals surface area contributed by atoms with Crippen LogP contribution in [0, 0.1) is 24.7 Å². The monoisotopic (exact) mass is 314 g/mol. The molecule has 0 aliphatic carbocycles. The first-order valence-corrected chi connectivity index (χ1v) is 8.83. The van der Waals surface area contributed by atoms with E-state index in [0.29, 0.717) is 24.3 Å². The number of aryl methyl sites for hydroxylation is 1. The molecule has 3 atom stereocenters. The summed E-state index contributed by atoms with van der Waals surface area (Å²) in [4.78, 5) is 17.2. The number of nitrogens with zero attached hydrogens (tertiary/aromatic N) is 2. The van der Waals surface area contributed by atoms with Gasteiger partial charge in [0.1, 0.15) is 0 Å². The summed E-state index contributed by atoms with van der Waals surface area (Å²) in [6.45, 7) is 8.70. The quantitative estimate of drug-likeness (QED) is 0.854. The van der Waals surface area contributed by atoms with Crippen LogP contribution in [0.5, 0.6) is 0 Å². The van der Waals surface area contributed by atoms with Crippen LogP contribution in [0.2, 0.25) is 0 Å². The van der Waals surface area contributed by atoms with Crippen LogP contribution in [0.15, 0.2) is 24.3 Å². The molecule has 0 radical (unpaired) electrons. The van der Waals surface area contributed by atoms with Crippen LogP contribution >= 0.6 is 0 Å². The lowest BCUT2D eigenvalue weighted by molar-refractivity contribution is -0.134. The highest BCUT2D eigenvalue weighted by Gasteiger charge is 2.42. The third kappa shape index (κ3) is 3.15. The van der Waals surface area contributed by atoms with Gasteiger partial charge in [-0.3, -0.25) is 9.69 Å². The normalized spacial score (nSPS) is 30.8. The average Bonchev–Trinajstić information content (AvgIpc) is 3.24. The highest BCUT2D eigenvalue weighted by Crippen LogP contribution is 2.33. The van der Waals surface area contributed by atoms with Gasteiger partial charge in [-0.15, -0.1) is 0 Å². The summed E-state index contributed by atoms with van der Waals surface area (Å²) < 4.78 is 5.37. The molecule has 1 aromatic carbocycles. The third-order valence-electron chi connectivity index (χ3n) is 5.68. The molecule has 3 fully saturated rings. The highest BCUT2D eigenvalue weighted by atomic mass is 16.5. The zero-order valence-electron chi connectivity index (χ0n) is 13.9. The van der Waals surface area contributed by atoms with Crippen LogP contribution < -0.4 is 0 Å². The third-order valence-corrected chi connectivity index (χ3v) is 5.68. The van der Waals surface area contributed by atoms with E-state index in [1.165, 1.54) is 11.1 Å². The zero-order chi connectivity index (χ0) is 15.8. The summed E-state index contributed by atoms with van der Waals surface area (Å²) in [5, 5.41) is 0. The molecule has 0 bridgehead atoms. The van der Waals surface area contributed by atoms with Crippen LogP contribution in [0.4, 0.5) is 0 Å². The van der Waals surface area contributed by atoms with Crippen LogP contribution in [0.25, 0.3) is 0 Å². The highest BCUT2D eigenvalue weighted by molar-refractivity contribution is 5.79. The Bertz CT molecular complexity index is 551. The maximum atomic E-state index is 12.5. The molecular weight excluding hydrogens is 288 g/mol. The molecular formula is C19H26N2O2. The second-order valence-electron chi connectivity index (χ2n) is 7.50. The van der Waals surface area contributed by atoms with E-state index in [1.807, 2.05) is 0 Å². The predicted octanol–water partition coefficient (Wildman–Crippen LogP) is 1.92. The molecule has 3 heterocycles. The lowest BCUT2D eigenvalue weighted by atomic mass is 10.0. The van der Waals surface area contributed by atoms with E-state index in [1.54, 1.807) is 0 Å². The molecule has 1 aromatic rings. The Hall–Kier alpha value is -1.39. The van der Waals surface area contributed by atoms with Gasteiger partial charge in [0.2, 0.25) is 5.91 Å². The van der Waals surface area contributed by atoms with E-state index in [9.17, 15) is 4.79 Å². The first-order valence-electron chi connectivity index (χ1n) is 8.83. The summed E-state index contributed by atoms with van der Waals surface area (Å²) in [6, 6.07) is 8.85. The Morgan fingerprint density at radius 1 is 1.13 bits per heavy atom. The fraction of sp³-hybridized carbons (Fsp3) is 0.632. The number of benzene rings is 1. The van der Waals surface area contributed by atoms with Crippen LogP contribution in [-0.4, -0.2) is 55.1 Å². The Morgan fingerprint density at radius 3 is 2.43 bits per heavy atom.